The number of methoxy groups -OCH3 is 1. The fraction of sp³-hybridized carbons (Fsp3) is 0.290. The van der Waals surface area contributed by atoms with Crippen LogP contribution in [0.5, 0.6) is 11.5 Å². The molecule has 0 saturated carbocycles. The predicted octanol–water partition coefficient (Wildman–Crippen LogP) is 7.10. The maximum absolute atomic E-state index is 13.5. The summed E-state index contributed by atoms with van der Waals surface area (Å²) in [7, 11) is 1.65. The molecule has 7 nitrogen and oxygen atoms in total. The molecule has 0 bridgehead atoms. The molecule has 1 heterocycles. The number of pyridine rings is 1. The lowest BCUT2D eigenvalue weighted by Crippen LogP contribution is -2.35. The van der Waals surface area contributed by atoms with Gasteiger partial charge < -0.3 is 25.0 Å². The molecular formula is C31H35FN4O3. The number of carbonyl (C=O) groups is 1. The van der Waals surface area contributed by atoms with Gasteiger partial charge >= 0.3 is 6.03 Å². The number of urea groups is 1. The van der Waals surface area contributed by atoms with Crippen LogP contribution in [0.15, 0.2) is 79.0 Å². The van der Waals surface area contributed by atoms with Gasteiger partial charge in [0.2, 0.25) is 0 Å². The van der Waals surface area contributed by atoms with Gasteiger partial charge in [-0.1, -0.05) is 18.2 Å². The highest BCUT2D eigenvalue weighted by Gasteiger charge is 2.16. The topological polar surface area (TPSA) is 75.7 Å². The highest BCUT2D eigenvalue weighted by molar-refractivity contribution is 5.92. The Hall–Kier alpha value is -4.33. The molecule has 0 spiro atoms. The van der Waals surface area contributed by atoms with Crippen molar-refractivity contribution < 1.29 is 18.7 Å². The van der Waals surface area contributed by atoms with Crippen molar-refractivity contribution in [1.82, 2.24) is 9.88 Å². The van der Waals surface area contributed by atoms with E-state index in [0.29, 0.717) is 25.4 Å². The Labute approximate surface area is 229 Å². The van der Waals surface area contributed by atoms with Crippen LogP contribution in [0.4, 0.5) is 20.6 Å². The smallest absolute Gasteiger partial charge is 0.322 e. The summed E-state index contributed by atoms with van der Waals surface area (Å²) in [5, 5.41) is 7.53. The lowest BCUT2D eigenvalue weighted by molar-refractivity contribution is 0.207. The molecule has 3 aromatic carbocycles. The molecule has 0 aliphatic heterocycles. The Balaban J connectivity index is 1.40. The van der Waals surface area contributed by atoms with Crippen LogP contribution in [0, 0.1) is 5.82 Å². The fourth-order valence-electron chi connectivity index (χ4n) is 4.38. The number of amides is 2. The number of ether oxygens (including phenoxy) is 2. The molecule has 1 unspecified atom stereocenters. The zero-order valence-electron chi connectivity index (χ0n) is 22.6. The lowest BCUT2D eigenvalue weighted by Gasteiger charge is -2.25. The molecule has 0 radical (unpaired) electrons. The minimum atomic E-state index is -0.302. The van der Waals surface area contributed by atoms with Gasteiger partial charge in [-0.15, -0.1) is 0 Å². The Morgan fingerprint density at radius 2 is 1.82 bits per heavy atom. The second kappa shape index (κ2) is 13.5. The van der Waals surface area contributed by atoms with E-state index in [1.54, 1.807) is 30.3 Å². The summed E-state index contributed by atoms with van der Waals surface area (Å²) in [4.78, 5) is 19.5. The average Bonchev–Trinajstić information content (AvgIpc) is 2.94. The molecule has 4 rings (SSSR count). The molecule has 39 heavy (non-hydrogen) atoms. The number of aromatic nitrogens is 1. The van der Waals surface area contributed by atoms with Crippen LogP contribution in [0.1, 0.15) is 32.3 Å². The molecule has 0 aliphatic carbocycles. The van der Waals surface area contributed by atoms with E-state index in [1.165, 1.54) is 12.1 Å². The van der Waals surface area contributed by atoms with Gasteiger partial charge in [0.05, 0.1) is 24.9 Å². The van der Waals surface area contributed by atoms with E-state index in [9.17, 15) is 9.18 Å². The zero-order chi connectivity index (χ0) is 27.6. The third kappa shape index (κ3) is 7.83. The number of hydrogen-bond donors (Lipinski definition) is 2. The van der Waals surface area contributed by atoms with Crippen molar-refractivity contribution in [2.45, 2.75) is 39.3 Å². The van der Waals surface area contributed by atoms with Crippen molar-refractivity contribution in [3.05, 3.63) is 90.4 Å². The predicted molar refractivity (Wildman–Crippen MR) is 154 cm³/mol. The Bertz CT molecular complexity index is 1360. The third-order valence-electron chi connectivity index (χ3n) is 6.37. The van der Waals surface area contributed by atoms with Crippen LogP contribution < -0.4 is 20.1 Å². The van der Waals surface area contributed by atoms with Crippen molar-refractivity contribution in [2.24, 2.45) is 0 Å². The largest absolute Gasteiger partial charge is 0.497 e. The molecule has 0 fully saturated rings. The van der Waals surface area contributed by atoms with Crippen molar-refractivity contribution in [1.29, 1.82) is 0 Å². The highest BCUT2D eigenvalue weighted by atomic mass is 19.1. The van der Waals surface area contributed by atoms with E-state index >= 15 is 0 Å². The maximum atomic E-state index is 13.5. The quantitative estimate of drug-likeness (QED) is 0.204. The number of hydrogen-bond acceptors (Lipinski definition) is 5. The SMILES string of the molecule is CCOc1ccc(NC(=O)N(CCCC(C)Nc2cc(OC)cc3cccnc23)Cc2ccc(F)cc2)cc1. The normalized spacial score (nSPS) is 11.6. The molecule has 8 heteroatoms. The Morgan fingerprint density at radius 1 is 1.05 bits per heavy atom. The molecule has 2 N–H and O–H groups in total. The summed E-state index contributed by atoms with van der Waals surface area (Å²) < 4.78 is 24.4. The number of carbonyl (C=O) groups excluding carboxylic acids is 1. The van der Waals surface area contributed by atoms with Gasteiger partial charge in [-0.05, 0) is 80.8 Å². The first-order chi connectivity index (χ1) is 18.9. The molecule has 4 aromatic rings. The molecule has 1 aromatic heterocycles. The Morgan fingerprint density at radius 3 is 2.54 bits per heavy atom. The summed E-state index contributed by atoms with van der Waals surface area (Å²) in [5.41, 5.74) is 3.34. The van der Waals surface area contributed by atoms with E-state index < -0.39 is 0 Å². The molecule has 1 atom stereocenters. The molecule has 204 valence electrons. The highest BCUT2D eigenvalue weighted by Crippen LogP contribution is 2.28. The van der Waals surface area contributed by atoms with Gasteiger partial charge in [0.15, 0.2) is 0 Å². The number of nitrogens with zero attached hydrogens (tertiary/aromatic N) is 2. The summed E-state index contributed by atoms with van der Waals surface area (Å²) in [5.74, 6) is 1.21. The molecule has 2 amide bonds. The fourth-order valence-corrected chi connectivity index (χ4v) is 4.38. The van der Waals surface area contributed by atoms with Crippen molar-refractivity contribution in [3.8, 4) is 11.5 Å². The van der Waals surface area contributed by atoms with Gasteiger partial charge in [0, 0.05) is 42.5 Å². The molecule has 0 saturated heterocycles. The number of nitrogens with one attached hydrogen (secondary N) is 2. The summed E-state index contributed by atoms with van der Waals surface area (Å²) >= 11 is 0. The second-order valence-electron chi connectivity index (χ2n) is 9.37. The van der Waals surface area contributed by atoms with Gasteiger partial charge in [-0.25, -0.2) is 9.18 Å². The van der Waals surface area contributed by atoms with E-state index in [2.05, 4.69) is 22.5 Å². The van der Waals surface area contributed by atoms with Crippen molar-refractivity contribution >= 4 is 28.3 Å². The summed E-state index contributed by atoms with van der Waals surface area (Å²) in [6.07, 6.45) is 3.37. The first-order valence-corrected chi connectivity index (χ1v) is 13.2. The molecule has 0 aliphatic rings. The van der Waals surface area contributed by atoms with Crippen molar-refractivity contribution in [2.75, 3.05) is 30.9 Å². The van der Waals surface area contributed by atoms with Crippen LogP contribution in [-0.2, 0) is 6.54 Å². The Kier molecular flexibility index (Phi) is 9.56. The minimum Gasteiger partial charge on any atom is -0.497 e. The van der Waals surface area contributed by atoms with Crippen molar-refractivity contribution in [3.63, 3.8) is 0 Å². The summed E-state index contributed by atoms with van der Waals surface area (Å²) in [6, 6.07) is 21.3. The van der Waals surface area contributed by atoms with Crippen LogP contribution in [0.25, 0.3) is 10.9 Å². The first kappa shape index (κ1) is 27.7. The van der Waals surface area contributed by atoms with E-state index in [1.807, 2.05) is 55.5 Å². The summed E-state index contributed by atoms with van der Waals surface area (Å²) in [6.45, 7) is 5.52. The number of anilines is 2. The monoisotopic (exact) mass is 530 g/mol. The number of benzene rings is 3. The number of rotatable bonds is 12. The zero-order valence-corrected chi connectivity index (χ0v) is 22.6. The number of halogens is 1. The van der Waals surface area contributed by atoms with Gasteiger partial charge in [-0.3, -0.25) is 4.98 Å². The third-order valence-corrected chi connectivity index (χ3v) is 6.37. The standard InChI is InChI=1S/C31H35FN4O3/c1-4-39-27-15-13-26(14-16-27)35-31(37)36(21-23-9-11-25(32)12-10-23)18-6-7-22(2)34-29-20-28(38-3)19-24-8-5-17-33-30(24)29/h5,8-17,19-20,22,34H,4,6-7,18,21H2,1-3H3,(H,35,37). The maximum Gasteiger partial charge on any atom is 0.322 e. The van der Waals surface area contributed by atoms with Crippen LogP contribution in [-0.4, -0.2) is 42.2 Å². The van der Waals surface area contributed by atoms with Crippen LogP contribution >= 0.6 is 0 Å². The average molecular weight is 531 g/mol. The van der Waals surface area contributed by atoms with Gasteiger partial charge in [0.25, 0.3) is 0 Å². The van der Waals surface area contributed by atoms with E-state index in [-0.39, 0.29) is 17.9 Å². The first-order valence-electron chi connectivity index (χ1n) is 13.2. The second-order valence-corrected chi connectivity index (χ2v) is 9.37. The van der Waals surface area contributed by atoms with Crippen LogP contribution in [0.2, 0.25) is 0 Å². The van der Waals surface area contributed by atoms with Gasteiger partial charge in [-0.2, -0.15) is 0 Å². The van der Waals surface area contributed by atoms with E-state index in [0.717, 1.165) is 46.5 Å². The molecular weight excluding hydrogens is 495 g/mol. The minimum absolute atomic E-state index is 0.129. The number of fused-ring (bicyclic) bond motifs is 1. The van der Waals surface area contributed by atoms with Crippen LogP contribution in [0.3, 0.4) is 0 Å². The van der Waals surface area contributed by atoms with E-state index in [4.69, 9.17) is 9.47 Å². The lowest BCUT2D eigenvalue weighted by atomic mass is 10.1. The van der Waals surface area contributed by atoms with Gasteiger partial charge in [0.1, 0.15) is 17.3 Å².